The number of hydrogen-bond acceptors (Lipinski definition) is 1. The molecule has 1 aliphatic carbocycles. The van der Waals surface area contributed by atoms with Gasteiger partial charge in [-0.05, 0) is 12.8 Å². The molecule has 0 spiro atoms. The van der Waals surface area contributed by atoms with E-state index in [9.17, 15) is 4.79 Å². The van der Waals surface area contributed by atoms with Crippen molar-refractivity contribution in [2.45, 2.75) is 18.9 Å². The van der Waals surface area contributed by atoms with Crippen molar-refractivity contribution in [1.82, 2.24) is 16.6 Å². The Bertz CT molecular complexity index is 99.5. The monoisotopic (exact) mass is 114 g/mol. The zero-order valence-corrected chi connectivity index (χ0v) is 4.40. The Hall–Kier alpha value is -0.770. The normalized spacial score (nSPS) is 17.6. The third-order valence-corrected chi connectivity index (χ3v) is 1.03. The fourth-order valence-corrected chi connectivity index (χ4v) is 0.449. The van der Waals surface area contributed by atoms with Gasteiger partial charge in [0.25, 0.3) is 0 Å². The third-order valence-electron chi connectivity index (χ3n) is 1.03. The van der Waals surface area contributed by atoms with Gasteiger partial charge in [-0.3, -0.25) is 5.43 Å². The largest absolute Gasteiger partial charge is 0.334 e. The van der Waals surface area contributed by atoms with Crippen LogP contribution in [0.15, 0.2) is 0 Å². The lowest BCUT2D eigenvalue weighted by atomic mass is 10.7. The van der Waals surface area contributed by atoms with Gasteiger partial charge in [-0.25, -0.2) is 4.79 Å². The van der Waals surface area contributed by atoms with Crippen LogP contribution >= 0.6 is 0 Å². The number of nitrogens with one attached hydrogen (secondary N) is 3. The van der Waals surface area contributed by atoms with Crippen LogP contribution in [0.25, 0.3) is 0 Å². The predicted molar refractivity (Wildman–Crippen MR) is 27.8 cm³/mol. The molecule has 1 radical (unpaired) electrons. The molecule has 0 aliphatic heterocycles. The number of amides is 2. The lowest BCUT2D eigenvalue weighted by Crippen LogP contribution is -2.35. The van der Waals surface area contributed by atoms with Gasteiger partial charge >= 0.3 is 6.03 Å². The standard InChI is InChI=1S/C4H8N3O/c5-7-4(8)6-3-1-2-3/h3,5H,1-2H2,(H2,6,7,8). The minimum Gasteiger partial charge on any atom is -0.334 e. The molecule has 0 bridgehead atoms. The fourth-order valence-electron chi connectivity index (χ4n) is 0.449. The molecule has 4 nitrogen and oxygen atoms in total. The van der Waals surface area contributed by atoms with Gasteiger partial charge in [0, 0.05) is 6.04 Å². The highest BCUT2D eigenvalue weighted by atomic mass is 16.2. The van der Waals surface area contributed by atoms with Crippen molar-refractivity contribution in [2.75, 3.05) is 0 Å². The van der Waals surface area contributed by atoms with E-state index < -0.39 is 6.03 Å². The van der Waals surface area contributed by atoms with Crippen LogP contribution in [0.5, 0.6) is 0 Å². The van der Waals surface area contributed by atoms with Gasteiger partial charge in [-0.2, -0.15) is 5.84 Å². The van der Waals surface area contributed by atoms with Crippen molar-refractivity contribution < 1.29 is 4.79 Å². The second kappa shape index (κ2) is 2.00. The summed E-state index contributed by atoms with van der Waals surface area (Å²) in [6.07, 6.45) is 2.13. The lowest BCUT2D eigenvalue weighted by molar-refractivity contribution is 0.240. The Morgan fingerprint density at radius 1 is 1.62 bits per heavy atom. The van der Waals surface area contributed by atoms with Crippen LogP contribution in [0, 0.1) is 0 Å². The molecular formula is C4H8N3O. The Morgan fingerprint density at radius 2 is 2.25 bits per heavy atom. The van der Waals surface area contributed by atoms with Crippen LogP contribution in [0.1, 0.15) is 12.8 Å². The van der Waals surface area contributed by atoms with Gasteiger partial charge in [0.2, 0.25) is 0 Å². The van der Waals surface area contributed by atoms with Crippen LogP contribution in [0.3, 0.4) is 0 Å². The second-order valence-corrected chi connectivity index (χ2v) is 1.87. The quantitative estimate of drug-likeness (QED) is 0.449. The van der Waals surface area contributed by atoms with Crippen molar-refractivity contribution in [3.8, 4) is 0 Å². The van der Waals surface area contributed by atoms with Gasteiger partial charge in [-0.15, -0.1) is 0 Å². The maximum Gasteiger partial charge on any atom is 0.330 e. The van der Waals surface area contributed by atoms with Crippen LogP contribution in [0.2, 0.25) is 0 Å². The van der Waals surface area contributed by atoms with Gasteiger partial charge in [0.05, 0.1) is 0 Å². The Kier molecular flexibility index (Phi) is 1.34. The maximum absolute atomic E-state index is 10.3. The molecule has 45 valence electrons. The van der Waals surface area contributed by atoms with E-state index in [2.05, 4.69) is 5.32 Å². The molecule has 0 aromatic heterocycles. The number of carbonyl (C=O) groups excluding carboxylic acids is 1. The predicted octanol–water partition coefficient (Wildman–Crippen LogP) is -0.354. The average Bonchev–Trinajstić information content (AvgIpc) is 2.50. The fraction of sp³-hybridized carbons (Fsp3) is 0.750. The second-order valence-electron chi connectivity index (χ2n) is 1.87. The van der Waals surface area contributed by atoms with Gasteiger partial charge in [-0.1, -0.05) is 0 Å². The van der Waals surface area contributed by atoms with E-state index in [-0.39, 0.29) is 0 Å². The molecule has 1 fully saturated rings. The zero-order valence-electron chi connectivity index (χ0n) is 4.40. The summed E-state index contributed by atoms with van der Waals surface area (Å²) in [4.78, 5) is 10.3. The minimum atomic E-state index is -0.396. The van der Waals surface area contributed by atoms with E-state index in [1.165, 1.54) is 0 Å². The van der Waals surface area contributed by atoms with Crippen molar-refractivity contribution in [3.05, 3.63) is 0 Å². The van der Waals surface area contributed by atoms with Crippen LogP contribution in [-0.2, 0) is 0 Å². The number of hydrogen-bond donors (Lipinski definition) is 2. The third kappa shape index (κ3) is 1.38. The Morgan fingerprint density at radius 3 is 2.62 bits per heavy atom. The van der Waals surface area contributed by atoms with Crippen LogP contribution < -0.4 is 16.6 Å². The summed E-state index contributed by atoms with van der Waals surface area (Å²) in [5.74, 6) is 6.37. The lowest BCUT2D eigenvalue weighted by Gasteiger charge is -1.97. The van der Waals surface area contributed by atoms with E-state index in [0.717, 1.165) is 12.8 Å². The summed E-state index contributed by atoms with van der Waals surface area (Å²) in [6, 6.07) is -0.0483. The first-order valence-corrected chi connectivity index (χ1v) is 2.56. The van der Waals surface area contributed by atoms with E-state index in [1.807, 2.05) is 0 Å². The molecule has 8 heavy (non-hydrogen) atoms. The smallest absolute Gasteiger partial charge is 0.330 e. The summed E-state index contributed by atoms with van der Waals surface area (Å²) in [7, 11) is 0. The van der Waals surface area contributed by atoms with Crippen molar-refractivity contribution in [3.63, 3.8) is 0 Å². The van der Waals surface area contributed by atoms with E-state index in [4.69, 9.17) is 5.84 Å². The molecule has 0 unspecified atom stereocenters. The molecule has 1 saturated carbocycles. The summed E-state index contributed by atoms with van der Waals surface area (Å²) in [5.41, 5.74) is 1.74. The first-order chi connectivity index (χ1) is 3.83. The molecule has 4 heteroatoms. The summed E-state index contributed by atoms with van der Waals surface area (Å²) < 4.78 is 0. The molecule has 0 atom stereocenters. The SMILES string of the molecule is [NH]NC(=O)NC1CC1. The van der Waals surface area contributed by atoms with E-state index in [1.54, 1.807) is 5.43 Å². The molecule has 3 N–H and O–H groups in total. The molecule has 0 saturated heterocycles. The van der Waals surface area contributed by atoms with Gasteiger partial charge in [0.1, 0.15) is 0 Å². The summed E-state index contributed by atoms with van der Waals surface area (Å²) in [5, 5.41) is 2.57. The summed E-state index contributed by atoms with van der Waals surface area (Å²) >= 11 is 0. The molecule has 1 aliphatic rings. The summed E-state index contributed by atoms with van der Waals surface area (Å²) in [6.45, 7) is 0. The highest BCUT2D eigenvalue weighted by molar-refractivity contribution is 5.73. The highest BCUT2D eigenvalue weighted by Gasteiger charge is 2.22. The van der Waals surface area contributed by atoms with Gasteiger partial charge in [0.15, 0.2) is 0 Å². The first kappa shape index (κ1) is 5.37. The molecular weight excluding hydrogens is 106 g/mol. The maximum atomic E-state index is 10.3. The highest BCUT2D eigenvalue weighted by Crippen LogP contribution is 2.17. The minimum absolute atomic E-state index is 0.348. The first-order valence-electron chi connectivity index (χ1n) is 2.56. The molecule has 2 amide bonds. The van der Waals surface area contributed by atoms with Crippen LogP contribution in [0.4, 0.5) is 4.79 Å². The van der Waals surface area contributed by atoms with Crippen molar-refractivity contribution in [1.29, 1.82) is 0 Å². The van der Waals surface area contributed by atoms with E-state index >= 15 is 0 Å². The Balaban J connectivity index is 2.07. The molecule has 1 rings (SSSR count). The molecule has 0 heterocycles. The number of rotatable bonds is 1. The number of carbonyl (C=O) groups is 1. The Labute approximate surface area is 47.4 Å². The average molecular weight is 114 g/mol. The molecule has 0 aromatic carbocycles. The zero-order chi connectivity index (χ0) is 5.98. The topological polar surface area (TPSA) is 64.9 Å². The van der Waals surface area contributed by atoms with Crippen LogP contribution in [-0.4, -0.2) is 12.1 Å². The number of urea groups is 1. The van der Waals surface area contributed by atoms with Gasteiger partial charge < -0.3 is 5.32 Å². The van der Waals surface area contributed by atoms with Crippen molar-refractivity contribution in [2.24, 2.45) is 0 Å². The van der Waals surface area contributed by atoms with Crippen molar-refractivity contribution >= 4 is 6.03 Å². The molecule has 0 aromatic rings. The van der Waals surface area contributed by atoms with E-state index in [0.29, 0.717) is 6.04 Å².